The lowest BCUT2D eigenvalue weighted by Crippen LogP contribution is -2.08. The SMILES string of the molecule is Cc1cccc(C(=O)OCc2ccccc2)c1-c1ccccc1C=O. The third kappa shape index (κ3) is 3.66. The molecule has 3 aromatic rings. The number of aldehydes is 1. The van der Waals surface area contributed by atoms with Gasteiger partial charge in [-0.1, -0.05) is 66.7 Å². The van der Waals surface area contributed by atoms with Gasteiger partial charge in [-0.2, -0.15) is 0 Å². The summed E-state index contributed by atoms with van der Waals surface area (Å²) in [4.78, 5) is 24.0. The van der Waals surface area contributed by atoms with Gasteiger partial charge in [0.05, 0.1) is 5.56 Å². The first kappa shape index (κ1) is 16.7. The molecule has 3 rings (SSSR count). The fourth-order valence-corrected chi connectivity index (χ4v) is 2.82. The molecule has 0 amide bonds. The van der Waals surface area contributed by atoms with Crippen molar-refractivity contribution in [3.63, 3.8) is 0 Å². The maximum Gasteiger partial charge on any atom is 0.339 e. The van der Waals surface area contributed by atoms with E-state index in [1.54, 1.807) is 18.2 Å². The molecule has 0 saturated carbocycles. The van der Waals surface area contributed by atoms with Gasteiger partial charge in [-0.15, -0.1) is 0 Å². The molecule has 0 fully saturated rings. The molecule has 3 heteroatoms. The minimum absolute atomic E-state index is 0.211. The van der Waals surface area contributed by atoms with Gasteiger partial charge in [0.1, 0.15) is 6.61 Å². The molecular formula is C22H18O3. The van der Waals surface area contributed by atoms with E-state index in [0.717, 1.165) is 28.5 Å². The van der Waals surface area contributed by atoms with Crippen LogP contribution < -0.4 is 0 Å². The number of esters is 1. The fraction of sp³-hybridized carbons (Fsp3) is 0.0909. The summed E-state index contributed by atoms with van der Waals surface area (Å²) in [5.74, 6) is -0.400. The second-order valence-corrected chi connectivity index (χ2v) is 5.76. The van der Waals surface area contributed by atoms with Gasteiger partial charge in [-0.05, 0) is 35.2 Å². The summed E-state index contributed by atoms with van der Waals surface area (Å²) in [6.45, 7) is 2.13. The number of benzene rings is 3. The van der Waals surface area contributed by atoms with Crippen LogP contribution in [0.25, 0.3) is 11.1 Å². The molecule has 0 bridgehead atoms. The van der Waals surface area contributed by atoms with E-state index in [1.807, 2.05) is 61.5 Å². The van der Waals surface area contributed by atoms with Crippen molar-refractivity contribution in [2.75, 3.05) is 0 Å². The number of carbonyl (C=O) groups excluding carboxylic acids is 2. The topological polar surface area (TPSA) is 43.4 Å². The van der Waals surface area contributed by atoms with Gasteiger partial charge in [0.25, 0.3) is 0 Å². The van der Waals surface area contributed by atoms with Crippen molar-refractivity contribution in [3.05, 3.63) is 95.1 Å². The first-order valence-corrected chi connectivity index (χ1v) is 8.06. The Bertz CT molecular complexity index is 898. The summed E-state index contributed by atoms with van der Waals surface area (Å²) in [7, 11) is 0. The third-order valence-corrected chi connectivity index (χ3v) is 4.06. The second-order valence-electron chi connectivity index (χ2n) is 5.76. The average Bonchev–Trinajstić information content (AvgIpc) is 2.66. The van der Waals surface area contributed by atoms with Crippen molar-refractivity contribution < 1.29 is 14.3 Å². The van der Waals surface area contributed by atoms with E-state index < -0.39 is 5.97 Å². The molecule has 0 N–H and O–H groups in total. The Morgan fingerprint density at radius 2 is 1.64 bits per heavy atom. The summed E-state index contributed by atoms with van der Waals surface area (Å²) in [5, 5.41) is 0. The Hall–Kier alpha value is -3.20. The maximum atomic E-state index is 12.7. The Labute approximate surface area is 146 Å². The van der Waals surface area contributed by atoms with Crippen LogP contribution in [0.4, 0.5) is 0 Å². The Kier molecular flexibility index (Phi) is 5.05. The van der Waals surface area contributed by atoms with Gasteiger partial charge in [0, 0.05) is 5.56 Å². The van der Waals surface area contributed by atoms with E-state index in [2.05, 4.69) is 0 Å². The predicted molar refractivity (Wildman–Crippen MR) is 97.6 cm³/mol. The lowest BCUT2D eigenvalue weighted by Gasteiger charge is -2.14. The van der Waals surface area contributed by atoms with Crippen LogP contribution in [-0.2, 0) is 11.3 Å². The Morgan fingerprint density at radius 3 is 2.40 bits per heavy atom. The highest BCUT2D eigenvalue weighted by atomic mass is 16.5. The molecule has 0 aliphatic rings. The van der Waals surface area contributed by atoms with Crippen LogP contribution >= 0.6 is 0 Å². The molecule has 0 spiro atoms. The molecule has 0 atom stereocenters. The van der Waals surface area contributed by atoms with Crippen LogP contribution in [0.1, 0.15) is 31.8 Å². The molecule has 0 unspecified atom stereocenters. The van der Waals surface area contributed by atoms with Crippen molar-refractivity contribution in [2.45, 2.75) is 13.5 Å². The Morgan fingerprint density at radius 1 is 0.920 bits per heavy atom. The largest absolute Gasteiger partial charge is 0.457 e. The highest BCUT2D eigenvalue weighted by Crippen LogP contribution is 2.30. The fourth-order valence-electron chi connectivity index (χ4n) is 2.82. The first-order valence-electron chi connectivity index (χ1n) is 8.06. The predicted octanol–water partition coefficient (Wildman–Crippen LogP) is 4.83. The van der Waals surface area contributed by atoms with E-state index in [4.69, 9.17) is 4.74 Å². The smallest absolute Gasteiger partial charge is 0.339 e. The van der Waals surface area contributed by atoms with Gasteiger partial charge < -0.3 is 4.74 Å². The molecular weight excluding hydrogens is 312 g/mol. The zero-order valence-corrected chi connectivity index (χ0v) is 13.9. The van der Waals surface area contributed by atoms with E-state index in [9.17, 15) is 9.59 Å². The van der Waals surface area contributed by atoms with E-state index >= 15 is 0 Å². The number of carbonyl (C=O) groups is 2. The van der Waals surface area contributed by atoms with Crippen molar-refractivity contribution in [1.29, 1.82) is 0 Å². The van der Waals surface area contributed by atoms with Crippen molar-refractivity contribution in [2.24, 2.45) is 0 Å². The monoisotopic (exact) mass is 330 g/mol. The summed E-state index contributed by atoms with van der Waals surface area (Å²) in [6.07, 6.45) is 0.806. The first-order chi connectivity index (χ1) is 12.2. The van der Waals surface area contributed by atoms with Crippen LogP contribution in [0.5, 0.6) is 0 Å². The minimum atomic E-state index is -0.400. The molecule has 124 valence electrons. The molecule has 25 heavy (non-hydrogen) atoms. The molecule has 3 nitrogen and oxygen atoms in total. The standard InChI is InChI=1S/C22H18O3/c1-16-8-7-13-20(21(16)19-12-6-5-11-18(19)14-23)22(24)25-15-17-9-3-2-4-10-17/h2-14H,15H2,1H3. The number of hydrogen-bond acceptors (Lipinski definition) is 3. The highest BCUT2D eigenvalue weighted by molar-refractivity contribution is 6.01. The molecule has 3 aromatic carbocycles. The van der Waals surface area contributed by atoms with E-state index in [0.29, 0.717) is 11.1 Å². The van der Waals surface area contributed by atoms with Crippen LogP contribution in [0.2, 0.25) is 0 Å². The van der Waals surface area contributed by atoms with Gasteiger partial charge in [0.2, 0.25) is 0 Å². The number of ether oxygens (including phenoxy) is 1. The molecule has 0 aromatic heterocycles. The summed E-state index contributed by atoms with van der Waals surface area (Å²) < 4.78 is 5.48. The van der Waals surface area contributed by atoms with Crippen LogP contribution in [0.3, 0.4) is 0 Å². The van der Waals surface area contributed by atoms with Gasteiger partial charge >= 0.3 is 5.97 Å². The summed E-state index contributed by atoms with van der Waals surface area (Å²) >= 11 is 0. The quantitative estimate of drug-likeness (QED) is 0.497. The van der Waals surface area contributed by atoms with Gasteiger partial charge in [0.15, 0.2) is 6.29 Å². The van der Waals surface area contributed by atoms with Crippen molar-refractivity contribution in [3.8, 4) is 11.1 Å². The highest BCUT2D eigenvalue weighted by Gasteiger charge is 2.18. The van der Waals surface area contributed by atoms with Crippen molar-refractivity contribution >= 4 is 12.3 Å². The molecule has 0 aliphatic heterocycles. The molecule has 0 aliphatic carbocycles. The summed E-state index contributed by atoms with van der Waals surface area (Å²) in [5.41, 5.74) is 4.34. The third-order valence-electron chi connectivity index (χ3n) is 4.06. The van der Waals surface area contributed by atoms with E-state index in [-0.39, 0.29) is 6.61 Å². The zero-order valence-electron chi connectivity index (χ0n) is 13.9. The van der Waals surface area contributed by atoms with Crippen LogP contribution in [-0.4, -0.2) is 12.3 Å². The maximum absolute atomic E-state index is 12.7. The molecule has 0 heterocycles. The van der Waals surface area contributed by atoms with Crippen LogP contribution in [0.15, 0.2) is 72.8 Å². The number of rotatable bonds is 5. The van der Waals surface area contributed by atoms with Gasteiger partial charge in [-0.25, -0.2) is 4.79 Å². The lowest BCUT2D eigenvalue weighted by molar-refractivity contribution is 0.0473. The lowest BCUT2D eigenvalue weighted by atomic mass is 9.92. The Balaban J connectivity index is 1.96. The summed E-state index contributed by atoms with van der Waals surface area (Å²) in [6, 6.07) is 22.3. The van der Waals surface area contributed by atoms with Crippen molar-refractivity contribution in [1.82, 2.24) is 0 Å². The van der Waals surface area contributed by atoms with Crippen LogP contribution in [0, 0.1) is 6.92 Å². The normalized spacial score (nSPS) is 10.3. The van der Waals surface area contributed by atoms with Gasteiger partial charge in [-0.3, -0.25) is 4.79 Å². The number of hydrogen-bond donors (Lipinski definition) is 0. The molecule has 0 saturated heterocycles. The zero-order chi connectivity index (χ0) is 17.6. The van der Waals surface area contributed by atoms with E-state index in [1.165, 1.54) is 0 Å². The minimum Gasteiger partial charge on any atom is -0.457 e. The molecule has 0 radical (unpaired) electrons. The average molecular weight is 330 g/mol. The second kappa shape index (κ2) is 7.58. The number of aryl methyl sites for hydroxylation is 1.